The molecule has 1 aromatic heterocycles. The zero-order valence-corrected chi connectivity index (χ0v) is 13.5. The lowest BCUT2D eigenvalue weighted by Crippen LogP contribution is -2.33. The first-order valence-electron chi connectivity index (χ1n) is 7.79. The van der Waals surface area contributed by atoms with E-state index in [1.165, 1.54) is 4.90 Å². The van der Waals surface area contributed by atoms with E-state index in [0.29, 0.717) is 0 Å². The van der Waals surface area contributed by atoms with Gasteiger partial charge in [-0.1, -0.05) is 0 Å². The number of β-amino-alcohol motifs (C(OH)–C–C–N with tert-alkyl or cyclic N) is 1. The minimum absolute atomic E-state index is 0.0977. The number of carbonyl (C=O) groups excluding carboxylic acids is 1. The Balaban J connectivity index is 1.88. The van der Waals surface area contributed by atoms with Crippen molar-refractivity contribution in [3.63, 3.8) is 0 Å². The topological polar surface area (TPSA) is 69.2 Å². The van der Waals surface area contributed by atoms with Crippen LogP contribution in [-0.4, -0.2) is 38.8 Å². The van der Waals surface area contributed by atoms with E-state index in [0.717, 1.165) is 35.2 Å². The molecule has 0 aliphatic carbocycles. The fraction of sp³-hybridized carbons (Fsp3) is 0.412. The van der Waals surface area contributed by atoms with Gasteiger partial charge >= 0.3 is 0 Å². The van der Waals surface area contributed by atoms with Crippen molar-refractivity contribution in [2.75, 3.05) is 6.54 Å². The molecule has 1 aliphatic rings. The number of rotatable bonds is 3. The van der Waals surface area contributed by atoms with Gasteiger partial charge in [-0.2, -0.15) is 5.10 Å². The molecule has 2 atom stereocenters. The number of benzene rings is 1. The van der Waals surface area contributed by atoms with Crippen LogP contribution in [0.5, 0.6) is 0 Å². The Bertz CT molecular complexity index is 756. The summed E-state index contributed by atoms with van der Waals surface area (Å²) >= 11 is 0. The number of likely N-dealkylation sites (tertiary alicyclic amines) is 1. The van der Waals surface area contributed by atoms with Crippen molar-refractivity contribution in [1.82, 2.24) is 15.1 Å². The first-order valence-corrected chi connectivity index (χ1v) is 7.79. The highest BCUT2D eigenvalue weighted by Gasteiger charge is 2.37. The van der Waals surface area contributed by atoms with Gasteiger partial charge in [-0.3, -0.25) is 9.89 Å². The first-order chi connectivity index (χ1) is 11.4. The number of aryl methyl sites for hydroxylation is 2. The van der Waals surface area contributed by atoms with Crippen LogP contribution in [-0.2, 0) is 11.2 Å². The van der Waals surface area contributed by atoms with Gasteiger partial charge in [0.05, 0.1) is 24.3 Å². The van der Waals surface area contributed by atoms with Crippen LogP contribution in [0.4, 0.5) is 8.78 Å². The molecule has 1 aliphatic heterocycles. The summed E-state index contributed by atoms with van der Waals surface area (Å²) in [4.78, 5) is 14.1. The van der Waals surface area contributed by atoms with Crippen LogP contribution in [0.25, 0.3) is 0 Å². The highest BCUT2D eigenvalue weighted by molar-refractivity contribution is 5.80. The summed E-state index contributed by atoms with van der Waals surface area (Å²) in [5, 5.41) is 16.8. The molecule has 0 bridgehead atoms. The number of carbonyl (C=O) groups is 1. The average molecular weight is 335 g/mol. The van der Waals surface area contributed by atoms with Gasteiger partial charge in [0, 0.05) is 23.4 Å². The third-order valence-electron chi connectivity index (χ3n) is 4.53. The first kappa shape index (κ1) is 16.6. The number of hydrogen-bond acceptors (Lipinski definition) is 3. The second kappa shape index (κ2) is 6.32. The largest absolute Gasteiger partial charge is 0.391 e. The number of nitrogens with one attached hydrogen (secondary N) is 1. The monoisotopic (exact) mass is 335 g/mol. The van der Waals surface area contributed by atoms with E-state index in [9.17, 15) is 18.7 Å². The van der Waals surface area contributed by atoms with Crippen molar-refractivity contribution in [3.05, 3.63) is 52.3 Å². The second-order valence-electron chi connectivity index (χ2n) is 6.21. The zero-order valence-electron chi connectivity index (χ0n) is 13.5. The van der Waals surface area contributed by atoms with E-state index < -0.39 is 23.8 Å². The van der Waals surface area contributed by atoms with Crippen LogP contribution in [0.15, 0.2) is 18.2 Å². The summed E-state index contributed by atoms with van der Waals surface area (Å²) in [5.41, 5.74) is 2.42. The second-order valence-corrected chi connectivity index (χ2v) is 6.21. The molecule has 3 rings (SSSR count). The fourth-order valence-corrected chi connectivity index (χ4v) is 3.24. The highest BCUT2D eigenvalue weighted by Crippen LogP contribution is 2.34. The number of amides is 1. The van der Waals surface area contributed by atoms with Crippen LogP contribution in [0.1, 0.15) is 35.0 Å². The third-order valence-corrected chi connectivity index (χ3v) is 4.53. The Morgan fingerprint density at radius 2 is 2.17 bits per heavy atom. The van der Waals surface area contributed by atoms with E-state index in [2.05, 4.69) is 10.2 Å². The predicted molar refractivity (Wildman–Crippen MR) is 83.2 cm³/mol. The quantitative estimate of drug-likeness (QED) is 0.903. The molecule has 0 radical (unpaired) electrons. The number of hydrogen-bond donors (Lipinski definition) is 2. The molecule has 24 heavy (non-hydrogen) atoms. The number of nitrogens with zero attached hydrogens (tertiary/aromatic N) is 2. The molecular formula is C17H19F2N3O2. The molecule has 1 aromatic carbocycles. The molecule has 7 heteroatoms. The fourth-order valence-electron chi connectivity index (χ4n) is 3.24. The Kier molecular flexibility index (Phi) is 4.36. The van der Waals surface area contributed by atoms with Crippen LogP contribution < -0.4 is 0 Å². The minimum Gasteiger partial charge on any atom is -0.391 e. The predicted octanol–water partition coefficient (Wildman–Crippen LogP) is 2.18. The molecule has 1 amide bonds. The summed E-state index contributed by atoms with van der Waals surface area (Å²) < 4.78 is 27.6. The summed E-state index contributed by atoms with van der Waals surface area (Å²) in [6, 6.07) is 2.50. The molecule has 5 nitrogen and oxygen atoms in total. The SMILES string of the molecule is Cc1n[nH]c(C)c1CC(=O)N1C[C@H](O)C[C@H]1c1cc(F)ccc1F. The molecule has 1 saturated heterocycles. The van der Waals surface area contributed by atoms with E-state index in [1.54, 1.807) is 6.92 Å². The number of halogens is 2. The Labute approximate surface area is 138 Å². The van der Waals surface area contributed by atoms with Crippen molar-refractivity contribution in [2.24, 2.45) is 0 Å². The molecule has 1 fully saturated rings. The van der Waals surface area contributed by atoms with Gasteiger partial charge in [0.2, 0.25) is 5.91 Å². The van der Waals surface area contributed by atoms with E-state index in [1.807, 2.05) is 6.92 Å². The maximum absolute atomic E-state index is 14.1. The van der Waals surface area contributed by atoms with Crippen LogP contribution >= 0.6 is 0 Å². The molecule has 128 valence electrons. The van der Waals surface area contributed by atoms with E-state index >= 15 is 0 Å². The van der Waals surface area contributed by atoms with Crippen molar-refractivity contribution < 1.29 is 18.7 Å². The summed E-state index contributed by atoms with van der Waals surface area (Å²) in [5.74, 6) is -1.39. The van der Waals surface area contributed by atoms with Gasteiger partial charge in [-0.25, -0.2) is 8.78 Å². The lowest BCUT2D eigenvalue weighted by molar-refractivity contribution is -0.131. The molecule has 0 unspecified atom stereocenters. The molecule has 0 saturated carbocycles. The van der Waals surface area contributed by atoms with Crippen LogP contribution in [0, 0.1) is 25.5 Å². The maximum Gasteiger partial charge on any atom is 0.227 e. The smallest absolute Gasteiger partial charge is 0.227 e. The highest BCUT2D eigenvalue weighted by atomic mass is 19.1. The van der Waals surface area contributed by atoms with Gasteiger partial charge in [0.15, 0.2) is 0 Å². The zero-order chi connectivity index (χ0) is 17.4. The van der Waals surface area contributed by atoms with Crippen molar-refractivity contribution in [2.45, 2.75) is 38.8 Å². The van der Waals surface area contributed by atoms with Gasteiger partial charge in [0.1, 0.15) is 11.6 Å². The lowest BCUT2D eigenvalue weighted by Gasteiger charge is -2.25. The molecule has 0 spiro atoms. The third kappa shape index (κ3) is 3.03. The van der Waals surface area contributed by atoms with Crippen molar-refractivity contribution >= 4 is 5.91 Å². The van der Waals surface area contributed by atoms with Gasteiger partial charge in [-0.15, -0.1) is 0 Å². The molecule has 2 aromatic rings. The van der Waals surface area contributed by atoms with Gasteiger partial charge < -0.3 is 10.0 Å². The van der Waals surface area contributed by atoms with Gasteiger partial charge in [-0.05, 0) is 38.5 Å². The molecule has 2 heterocycles. The molecular weight excluding hydrogens is 316 g/mol. The summed E-state index contributed by atoms with van der Waals surface area (Å²) in [7, 11) is 0. The van der Waals surface area contributed by atoms with Crippen molar-refractivity contribution in [1.29, 1.82) is 0 Å². The van der Waals surface area contributed by atoms with E-state index in [4.69, 9.17) is 0 Å². The normalized spacial score (nSPS) is 20.6. The number of H-pyrrole nitrogens is 1. The van der Waals surface area contributed by atoms with E-state index in [-0.39, 0.29) is 30.9 Å². The lowest BCUT2D eigenvalue weighted by atomic mass is 10.0. The van der Waals surface area contributed by atoms with Gasteiger partial charge in [0.25, 0.3) is 0 Å². The number of aromatic nitrogens is 2. The Morgan fingerprint density at radius 1 is 1.42 bits per heavy atom. The number of aliphatic hydroxyl groups is 1. The average Bonchev–Trinajstić information content (AvgIpc) is 3.07. The Hall–Kier alpha value is -2.28. The van der Waals surface area contributed by atoms with Crippen LogP contribution in [0.3, 0.4) is 0 Å². The van der Waals surface area contributed by atoms with Crippen LogP contribution in [0.2, 0.25) is 0 Å². The maximum atomic E-state index is 14.1. The number of aromatic amines is 1. The summed E-state index contributed by atoms with van der Waals surface area (Å²) in [6.45, 7) is 3.73. The minimum atomic E-state index is -0.756. The summed E-state index contributed by atoms with van der Waals surface area (Å²) in [6.07, 6.45) is -0.461. The Morgan fingerprint density at radius 3 is 2.83 bits per heavy atom. The number of aliphatic hydroxyl groups excluding tert-OH is 1. The molecule has 2 N–H and O–H groups in total. The van der Waals surface area contributed by atoms with Crippen molar-refractivity contribution in [3.8, 4) is 0 Å². The standard InChI is InChI=1S/C17H19F2N3O2/c1-9-13(10(2)21-20-9)7-17(24)22-8-12(23)6-16(22)14-5-11(18)3-4-15(14)19/h3-5,12,16,23H,6-8H2,1-2H3,(H,20,21)/t12-,16+/m1/s1.